The third kappa shape index (κ3) is 4.85. The third-order valence-electron chi connectivity index (χ3n) is 6.52. The lowest BCUT2D eigenvalue weighted by molar-refractivity contribution is -0.133. The van der Waals surface area contributed by atoms with Gasteiger partial charge in [0.25, 0.3) is 0 Å². The van der Waals surface area contributed by atoms with Crippen LogP contribution in [0.15, 0.2) is 24.3 Å². The first kappa shape index (κ1) is 22.0. The van der Waals surface area contributed by atoms with Crippen molar-refractivity contribution < 1.29 is 4.79 Å². The lowest BCUT2D eigenvalue weighted by Crippen LogP contribution is -2.51. The number of piperazine rings is 1. The molecule has 1 aliphatic carbocycles. The number of carbonyl (C=O) groups is 1. The second kappa shape index (κ2) is 9.53. The highest BCUT2D eigenvalue weighted by Crippen LogP contribution is 2.30. The van der Waals surface area contributed by atoms with Crippen LogP contribution in [0.25, 0.3) is 0 Å². The van der Waals surface area contributed by atoms with Crippen molar-refractivity contribution in [2.45, 2.75) is 39.0 Å². The highest BCUT2D eigenvalue weighted by Gasteiger charge is 2.31. The van der Waals surface area contributed by atoms with E-state index in [0.717, 1.165) is 69.2 Å². The quantitative estimate of drug-likeness (QED) is 0.688. The summed E-state index contributed by atoms with van der Waals surface area (Å²) in [5.41, 5.74) is 3.56. The molecule has 1 amide bonds. The van der Waals surface area contributed by atoms with Gasteiger partial charge in [0.1, 0.15) is 11.6 Å². The van der Waals surface area contributed by atoms with Crippen LogP contribution in [0.5, 0.6) is 0 Å². The zero-order chi connectivity index (χ0) is 22.0. The Labute approximate surface area is 190 Å². The Hall–Kier alpha value is -2.18. The van der Waals surface area contributed by atoms with E-state index in [1.165, 1.54) is 11.3 Å². The second-order valence-electron chi connectivity index (χ2n) is 8.64. The van der Waals surface area contributed by atoms with E-state index in [1.807, 2.05) is 36.1 Å². The second-order valence-corrected chi connectivity index (χ2v) is 9.08. The molecule has 1 aliphatic heterocycles. The highest BCUT2D eigenvalue weighted by molar-refractivity contribution is 6.30. The number of carbonyl (C=O) groups excluding carboxylic acids is 1. The molecular weight excluding hydrogens is 410 g/mol. The molecular formula is C24H32ClN5O. The molecule has 4 rings (SSSR count). The van der Waals surface area contributed by atoms with Gasteiger partial charge in [0.15, 0.2) is 0 Å². The molecule has 7 heteroatoms. The first-order valence-corrected chi connectivity index (χ1v) is 11.7. The van der Waals surface area contributed by atoms with Crippen molar-refractivity contribution in [2.24, 2.45) is 0 Å². The van der Waals surface area contributed by atoms with Gasteiger partial charge >= 0.3 is 0 Å². The number of aromatic nitrogens is 2. The van der Waals surface area contributed by atoms with E-state index in [1.54, 1.807) is 0 Å². The molecule has 6 nitrogen and oxygen atoms in total. The maximum atomic E-state index is 13.5. The number of hydrogen-bond donors (Lipinski definition) is 0. The van der Waals surface area contributed by atoms with Gasteiger partial charge in [-0.2, -0.15) is 0 Å². The molecule has 0 N–H and O–H groups in total. The van der Waals surface area contributed by atoms with Crippen molar-refractivity contribution in [3.05, 3.63) is 51.9 Å². The van der Waals surface area contributed by atoms with Crippen molar-refractivity contribution >= 4 is 23.3 Å². The van der Waals surface area contributed by atoms with Crippen LogP contribution in [0, 0.1) is 6.92 Å². The Morgan fingerprint density at radius 2 is 1.84 bits per heavy atom. The Balaban J connectivity index is 1.48. The predicted octanol–water partition coefficient (Wildman–Crippen LogP) is 3.31. The van der Waals surface area contributed by atoms with Crippen LogP contribution >= 0.6 is 11.6 Å². The predicted molar refractivity (Wildman–Crippen MR) is 125 cm³/mol. The number of benzene rings is 1. The van der Waals surface area contributed by atoms with Gasteiger partial charge in [-0.1, -0.05) is 30.7 Å². The van der Waals surface area contributed by atoms with E-state index in [0.29, 0.717) is 11.6 Å². The average molecular weight is 442 g/mol. The zero-order valence-corrected chi connectivity index (χ0v) is 19.5. The molecule has 0 radical (unpaired) electrons. The largest absolute Gasteiger partial charge is 0.353 e. The van der Waals surface area contributed by atoms with E-state index >= 15 is 0 Å². The summed E-state index contributed by atoms with van der Waals surface area (Å²) in [5, 5.41) is 0.695. The smallest absolute Gasteiger partial charge is 0.231 e. The summed E-state index contributed by atoms with van der Waals surface area (Å²) >= 11 is 6.08. The minimum absolute atomic E-state index is 0.181. The number of likely N-dealkylation sites (N-methyl/N-ethyl adjacent to an activating group) is 1. The number of rotatable bonds is 6. The highest BCUT2D eigenvalue weighted by atomic mass is 35.5. The lowest BCUT2D eigenvalue weighted by Gasteiger charge is -2.38. The molecule has 0 saturated carbocycles. The standard InChI is InChI=1S/C24H32ClN5O/c1-4-28(3)16-21(18-8-10-19(25)11-9-18)24(31)30-14-12-29(13-15-30)23-20-6-5-7-22(20)26-17(2)27-23/h8-11,21H,4-7,12-16H2,1-3H3/t21-/m0/s1. The summed E-state index contributed by atoms with van der Waals surface area (Å²) in [6.07, 6.45) is 3.27. The number of hydrogen-bond acceptors (Lipinski definition) is 5. The summed E-state index contributed by atoms with van der Waals surface area (Å²) in [7, 11) is 2.06. The number of nitrogens with zero attached hydrogens (tertiary/aromatic N) is 5. The van der Waals surface area contributed by atoms with Crippen LogP contribution in [0.3, 0.4) is 0 Å². The number of fused-ring (bicyclic) bond motifs is 1. The molecule has 2 heterocycles. The van der Waals surface area contributed by atoms with Crippen LogP contribution < -0.4 is 4.90 Å². The maximum Gasteiger partial charge on any atom is 0.231 e. The summed E-state index contributed by atoms with van der Waals surface area (Å²) in [6.45, 7) is 8.76. The third-order valence-corrected chi connectivity index (χ3v) is 6.77. The van der Waals surface area contributed by atoms with Crippen LogP contribution in [-0.4, -0.2) is 72.0 Å². The van der Waals surface area contributed by atoms with Crippen molar-refractivity contribution in [2.75, 3.05) is 51.2 Å². The van der Waals surface area contributed by atoms with Crippen molar-refractivity contribution in [1.82, 2.24) is 19.8 Å². The minimum atomic E-state index is -0.181. The fraction of sp³-hybridized carbons (Fsp3) is 0.542. The van der Waals surface area contributed by atoms with Crippen molar-refractivity contribution in [1.29, 1.82) is 0 Å². The normalized spacial score (nSPS) is 17.2. The van der Waals surface area contributed by atoms with E-state index in [2.05, 4.69) is 28.8 Å². The first-order chi connectivity index (χ1) is 15.0. The van der Waals surface area contributed by atoms with Gasteiger partial charge in [0, 0.05) is 49.0 Å². The summed E-state index contributed by atoms with van der Waals surface area (Å²) < 4.78 is 0. The molecule has 2 aromatic rings. The molecule has 1 fully saturated rings. The molecule has 0 spiro atoms. The Morgan fingerprint density at radius 3 is 2.52 bits per heavy atom. The fourth-order valence-corrected chi connectivity index (χ4v) is 4.74. The van der Waals surface area contributed by atoms with E-state index in [4.69, 9.17) is 16.6 Å². The van der Waals surface area contributed by atoms with Crippen molar-refractivity contribution in [3.63, 3.8) is 0 Å². The fourth-order valence-electron chi connectivity index (χ4n) is 4.62. The molecule has 2 aliphatic rings. The molecule has 1 atom stereocenters. The Kier molecular flexibility index (Phi) is 6.77. The zero-order valence-electron chi connectivity index (χ0n) is 18.8. The van der Waals surface area contributed by atoms with Gasteiger partial charge < -0.3 is 14.7 Å². The Morgan fingerprint density at radius 1 is 1.13 bits per heavy atom. The number of aryl methyl sites for hydroxylation is 2. The average Bonchev–Trinajstić information content (AvgIpc) is 3.25. The van der Waals surface area contributed by atoms with Crippen LogP contribution in [0.4, 0.5) is 5.82 Å². The number of anilines is 1. The van der Waals surface area contributed by atoms with E-state index < -0.39 is 0 Å². The summed E-state index contributed by atoms with van der Waals surface area (Å²) in [6, 6.07) is 7.72. The molecule has 31 heavy (non-hydrogen) atoms. The molecule has 1 aromatic carbocycles. The van der Waals surface area contributed by atoms with E-state index in [9.17, 15) is 4.79 Å². The molecule has 1 saturated heterocycles. The minimum Gasteiger partial charge on any atom is -0.353 e. The number of amides is 1. The van der Waals surface area contributed by atoms with Crippen LogP contribution in [0.1, 0.15) is 41.9 Å². The van der Waals surface area contributed by atoms with Gasteiger partial charge in [-0.25, -0.2) is 9.97 Å². The van der Waals surface area contributed by atoms with Crippen molar-refractivity contribution in [3.8, 4) is 0 Å². The van der Waals surface area contributed by atoms with Gasteiger partial charge in [0.2, 0.25) is 5.91 Å². The monoisotopic (exact) mass is 441 g/mol. The van der Waals surface area contributed by atoms with Gasteiger partial charge in [-0.15, -0.1) is 0 Å². The van der Waals surface area contributed by atoms with E-state index in [-0.39, 0.29) is 11.8 Å². The summed E-state index contributed by atoms with van der Waals surface area (Å²) in [4.78, 5) is 29.5. The molecule has 1 aromatic heterocycles. The SMILES string of the molecule is CCN(C)C[C@H](C(=O)N1CCN(c2nc(C)nc3c2CCC3)CC1)c1ccc(Cl)cc1. The van der Waals surface area contributed by atoms with Gasteiger partial charge in [-0.05, 0) is 57.5 Å². The van der Waals surface area contributed by atoms with Crippen LogP contribution in [-0.2, 0) is 17.6 Å². The molecule has 0 unspecified atom stereocenters. The molecule has 0 bridgehead atoms. The summed E-state index contributed by atoms with van der Waals surface area (Å²) in [5.74, 6) is 1.96. The van der Waals surface area contributed by atoms with Gasteiger partial charge in [-0.3, -0.25) is 4.79 Å². The lowest BCUT2D eigenvalue weighted by atomic mass is 9.96. The maximum absolute atomic E-state index is 13.5. The number of halogens is 1. The Bertz CT molecular complexity index is 924. The first-order valence-electron chi connectivity index (χ1n) is 11.3. The van der Waals surface area contributed by atoms with Gasteiger partial charge in [0.05, 0.1) is 5.92 Å². The topological polar surface area (TPSA) is 52.6 Å². The van der Waals surface area contributed by atoms with Crippen LogP contribution in [0.2, 0.25) is 5.02 Å². The molecule has 166 valence electrons.